The SMILES string of the molecule is CC(NC(=O)COc1ccc(F)cc1)c1cccc(NC(=O)c2ccccc2)c1. The second kappa shape index (κ2) is 9.50. The van der Waals surface area contributed by atoms with Gasteiger partial charge >= 0.3 is 0 Å². The van der Waals surface area contributed by atoms with Gasteiger partial charge in [0.25, 0.3) is 11.8 Å². The molecule has 2 amide bonds. The summed E-state index contributed by atoms with van der Waals surface area (Å²) in [4.78, 5) is 24.4. The van der Waals surface area contributed by atoms with E-state index in [4.69, 9.17) is 4.74 Å². The molecule has 0 spiro atoms. The zero-order valence-corrected chi connectivity index (χ0v) is 15.9. The van der Waals surface area contributed by atoms with E-state index in [1.807, 2.05) is 31.2 Å². The summed E-state index contributed by atoms with van der Waals surface area (Å²) < 4.78 is 18.2. The van der Waals surface area contributed by atoms with Crippen LogP contribution in [0.1, 0.15) is 28.9 Å². The summed E-state index contributed by atoms with van der Waals surface area (Å²) >= 11 is 0. The van der Waals surface area contributed by atoms with Gasteiger partial charge < -0.3 is 15.4 Å². The highest BCUT2D eigenvalue weighted by Gasteiger charge is 2.12. The highest BCUT2D eigenvalue weighted by molar-refractivity contribution is 6.04. The smallest absolute Gasteiger partial charge is 0.258 e. The van der Waals surface area contributed by atoms with Crippen LogP contribution in [0.25, 0.3) is 0 Å². The lowest BCUT2D eigenvalue weighted by Gasteiger charge is -2.16. The summed E-state index contributed by atoms with van der Waals surface area (Å²) in [5, 5.41) is 5.69. The van der Waals surface area contributed by atoms with Gasteiger partial charge in [0.05, 0.1) is 6.04 Å². The third-order valence-corrected chi connectivity index (χ3v) is 4.24. The molecule has 3 aromatic carbocycles. The van der Waals surface area contributed by atoms with Crippen molar-refractivity contribution in [2.75, 3.05) is 11.9 Å². The van der Waals surface area contributed by atoms with Gasteiger partial charge in [-0.1, -0.05) is 30.3 Å². The second-order valence-corrected chi connectivity index (χ2v) is 6.48. The minimum absolute atomic E-state index is 0.180. The number of nitrogens with one attached hydrogen (secondary N) is 2. The molecular weight excluding hydrogens is 371 g/mol. The van der Waals surface area contributed by atoms with Crippen LogP contribution in [-0.2, 0) is 4.79 Å². The Kier molecular flexibility index (Phi) is 6.58. The molecule has 0 saturated carbocycles. The Bertz CT molecular complexity index is 975. The molecule has 5 nitrogen and oxygen atoms in total. The molecule has 6 heteroatoms. The maximum Gasteiger partial charge on any atom is 0.258 e. The largest absolute Gasteiger partial charge is 0.484 e. The lowest BCUT2D eigenvalue weighted by molar-refractivity contribution is -0.123. The maximum atomic E-state index is 12.9. The number of halogens is 1. The Labute approximate surface area is 168 Å². The molecule has 1 atom stereocenters. The van der Waals surface area contributed by atoms with Crippen molar-refractivity contribution in [3.63, 3.8) is 0 Å². The van der Waals surface area contributed by atoms with Crippen molar-refractivity contribution in [1.82, 2.24) is 5.32 Å². The lowest BCUT2D eigenvalue weighted by Crippen LogP contribution is -2.31. The van der Waals surface area contributed by atoms with Crippen LogP contribution < -0.4 is 15.4 Å². The molecule has 3 rings (SSSR count). The normalized spacial score (nSPS) is 11.4. The van der Waals surface area contributed by atoms with Gasteiger partial charge in [0.15, 0.2) is 6.61 Å². The first-order chi connectivity index (χ1) is 14.0. The van der Waals surface area contributed by atoms with Crippen LogP contribution in [0, 0.1) is 5.82 Å². The number of amides is 2. The Hall–Kier alpha value is -3.67. The molecule has 0 aromatic heterocycles. The van der Waals surface area contributed by atoms with Crippen LogP contribution in [0.15, 0.2) is 78.9 Å². The van der Waals surface area contributed by atoms with Gasteiger partial charge in [-0.05, 0) is 61.0 Å². The molecule has 1 unspecified atom stereocenters. The monoisotopic (exact) mass is 392 g/mol. The fourth-order valence-corrected chi connectivity index (χ4v) is 2.72. The lowest BCUT2D eigenvalue weighted by atomic mass is 10.1. The molecular formula is C23H21FN2O3. The first kappa shape index (κ1) is 20.1. The van der Waals surface area contributed by atoms with Gasteiger partial charge in [-0.25, -0.2) is 4.39 Å². The van der Waals surface area contributed by atoms with Crippen molar-refractivity contribution in [3.05, 3.63) is 95.8 Å². The average molecular weight is 392 g/mol. The van der Waals surface area contributed by atoms with Crippen LogP contribution in [0.2, 0.25) is 0 Å². The van der Waals surface area contributed by atoms with E-state index in [0.29, 0.717) is 17.0 Å². The molecule has 0 aliphatic carbocycles. The van der Waals surface area contributed by atoms with Crippen molar-refractivity contribution in [2.24, 2.45) is 0 Å². The van der Waals surface area contributed by atoms with Crippen molar-refractivity contribution >= 4 is 17.5 Å². The standard InChI is InChI=1S/C23H21FN2O3/c1-16(25-22(27)15-29-21-12-10-19(24)11-13-21)18-8-5-9-20(14-18)26-23(28)17-6-3-2-4-7-17/h2-14,16H,15H2,1H3,(H,25,27)(H,26,28). The Morgan fingerprint density at radius 3 is 2.41 bits per heavy atom. The average Bonchev–Trinajstić information content (AvgIpc) is 2.74. The van der Waals surface area contributed by atoms with Crippen molar-refractivity contribution in [1.29, 1.82) is 0 Å². The number of benzene rings is 3. The van der Waals surface area contributed by atoms with Gasteiger partial charge in [0, 0.05) is 11.3 Å². The van der Waals surface area contributed by atoms with E-state index in [1.165, 1.54) is 24.3 Å². The number of ether oxygens (including phenoxy) is 1. The predicted molar refractivity (Wildman–Crippen MR) is 109 cm³/mol. The third kappa shape index (κ3) is 5.90. The second-order valence-electron chi connectivity index (χ2n) is 6.48. The number of rotatable bonds is 7. The number of hydrogen-bond donors (Lipinski definition) is 2. The van der Waals surface area contributed by atoms with Crippen LogP contribution in [0.3, 0.4) is 0 Å². The number of carbonyl (C=O) groups is 2. The summed E-state index contributed by atoms with van der Waals surface area (Å²) in [6.45, 7) is 1.66. The van der Waals surface area contributed by atoms with Gasteiger partial charge in [-0.15, -0.1) is 0 Å². The van der Waals surface area contributed by atoms with E-state index >= 15 is 0 Å². The first-order valence-corrected chi connectivity index (χ1v) is 9.15. The van der Waals surface area contributed by atoms with E-state index in [2.05, 4.69) is 10.6 Å². The molecule has 3 aromatic rings. The first-order valence-electron chi connectivity index (χ1n) is 9.15. The van der Waals surface area contributed by atoms with Gasteiger partial charge in [-0.2, -0.15) is 0 Å². The van der Waals surface area contributed by atoms with E-state index in [0.717, 1.165) is 5.56 Å². The summed E-state index contributed by atoms with van der Waals surface area (Å²) in [7, 11) is 0. The summed E-state index contributed by atoms with van der Waals surface area (Å²) in [6, 6.07) is 21.4. The minimum atomic E-state index is -0.366. The molecule has 0 heterocycles. The van der Waals surface area contributed by atoms with Crippen molar-refractivity contribution in [2.45, 2.75) is 13.0 Å². The third-order valence-electron chi connectivity index (χ3n) is 4.24. The van der Waals surface area contributed by atoms with Crippen LogP contribution in [-0.4, -0.2) is 18.4 Å². The molecule has 0 aliphatic rings. The highest BCUT2D eigenvalue weighted by Crippen LogP contribution is 2.18. The zero-order chi connectivity index (χ0) is 20.6. The predicted octanol–water partition coefficient (Wildman–Crippen LogP) is 4.33. The van der Waals surface area contributed by atoms with E-state index in [9.17, 15) is 14.0 Å². The van der Waals surface area contributed by atoms with E-state index < -0.39 is 0 Å². The zero-order valence-electron chi connectivity index (χ0n) is 15.9. The molecule has 0 saturated heterocycles. The Morgan fingerprint density at radius 2 is 1.69 bits per heavy atom. The van der Waals surface area contributed by atoms with Gasteiger partial charge in [-0.3, -0.25) is 9.59 Å². The van der Waals surface area contributed by atoms with Crippen molar-refractivity contribution < 1.29 is 18.7 Å². The topological polar surface area (TPSA) is 67.4 Å². The number of hydrogen-bond acceptors (Lipinski definition) is 3. The van der Waals surface area contributed by atoms with Gasteiger partial charge in [0.1, 0.15) is 11.6 Å². The molecule has 0 aliphatic heterocycles. The highest BCUT2D eigenvalue weighted by atomic mass is 19.1. The summed E-state index contributed by atoms with van der Waals surface area (Å²) in [6.07, 6.45) is 0. The fourth-order valence-electron chi connectivity index (χ4n) is 2.72. The molecule has 0 fully saturated rings. The van der Waals surface area contributed by atoms with E-state index in [1.54, 1.807) is 30.3 Å². The molecule has 0 bridgehead atoms. The molecule has 2 N–H and O–H groups in total. The molecule has 0 radical (unpaired) electrons. The summed E-state index contributed by atoms with van der Waals surface area (Å²) in [5.74, 6) is -0.456. The number of carbonyl (C=O) groups excluding carboxylic acids is 2. The summed E-state index contributed by atoms with van der Waals surface area (Å²) in [5.41, 5.74) is 2.04. The minimum Gasteiger partial charge on any atom is -0.484 e. The van der Waals surface area contributed by atoms with Crippen LogP contribution in [0.4, 0.5) is 10.1 Å². The molecule has 148 valence electrons. The fraction of sp³-hybridized carbons (Fsp3) is 0.130. The molecule has 29 heavy (non-hydrogen) atoms. The quantitative estimate of drug-likeness (QED) is 0.629. The van der Waals surface area contributed by atoms with Gasteiger partial charge in [0.2, 0.25) is 0 Å². The Morgan fingerprint density at radius 1 is 0.966 bits per heavy atom. The van der Waals surface area contributed by atoms with Crippen molar-refractivity contribution in [3.8, 4) is 5.75 Å². The van der Waals surface area contributed by atoms with Crippen LogP contribution >= 0.6 is 0 Å². The van der Waals surface area contributed by atoms with E-state index in [-0.39, 0.29) is 30.3 Å². The maximum absolute atomic E-state index is 12.9. The number of anilines is 1. The Balaban J connectivity index is 1.55. The van der Waals surface area contributed by atoms with Crippen LogP contribution in [0.5, 0.6) is 5.75 Å².